The number of fused-ring (bicyclic) bond motifs is 1. The number of amides is 2. The molecule has 5 nitrogen and oxygen atoms in total. The van der Waals surface area contributed by atoms with Crippen LogP contribution < -0.4 is 5.32 Å². The van der Waals surface area contributed by atoms with Crippen LogP contribution in [0.15, 0.2) is 9.98 Å². The maximum atomic E-state index is 10.9. The average Bonchev–Trinajstić information content (AvgIpc) is 2.34. The molecule has 2 aliphatic heterocycles. The summed E-state index contributed by atoms with van der Waals surface area (Å²) >= 11 is 0. The Morgan fingerprint density at radius 3 is 2.91 bits per heavy atom. The number of carbonyl (C=O) groups excluding carboxylic acids is 2. The van der Waals surface area contributed by atoms with Crippen molar-refractivity contribution in [1.82, 2.24) is 5.32 Å². The van der Waals surface area contributed by atoms with Crippen molar-refractivity contribution in [3.05, 3.63) is 0 Å². The van der Waals surface area contributed by atoms with Crippen molar-refractivity contribution in [3.63, 3.8) is 0 Å². The molecule has 0 saturated carbocycles. The van der Waals surface area contributed by atoms with E-state index in [0.29, 0.717) is 11.4 Å². The first-order chi connectivity index (χ1) is 5.27. The molecule has 0 atom stereocenters. The van der Waals surface area contributed by atoms with Crippen LogP contribution in [0.2, 0.25) is 0 Å². The molecule has 0 aromatic rings. The van der Waals surface area contributed by atoms with Crippen molar-refractivity contribution in [2.75, 3.05) is 6.67 Å². The van der Waals surface area contributed by atoms with E-state index in [0.717, 1.165) is 0 Å². The molecule has 0 bridgehead atoms. The Labute approximate surface area is 62.2 Å². The molecule has 1 N–H and O–H groups in total. The molecule has 2 amide bonds. The molecule has 0 aromatic heterocycles. The Morgan fingerprint density at radius 2 is 2.09 bits per heavy atom. The van der Waals surface area contributed by atoms with Gasteiger partial charge < -0.3 is 0 Å². The molecular weight excluding hydrogens is 146 g/mol. The summed E-state index contributed by atoms with van der Waals surface area (Å²) in [6.45, 7) is 0.283. The minimum absolute atomic E-state index is 0.185. The van der Waals surface area contributed by atoms with E-state index in [1.165, 1.54) is 0 Å². The van der Waals surface area contributed by atoms with Gasteiger partial charge in [0, 0.05) is 0 Å². The lowest BCUT2D eigenvalue weighted by molar-refractivity contribution is -0.126. The largest absolute Gasteiger partial charge is 0.291 e. The fraction of sp³-hybridized carbons (Fsp3) is 0.333. The fourth-order valence-electron chi connectivity index (χ4n) is 1.08. The molecule has 0 spiro atoms. The molecular formula is C6H5N3O2. The van der Waals surface area contributed by atoms with E-state index >= 15 is 0 Å². The Bertz CT molecular complexity index is 303. The Kier molecular flexibility index (Phi) is 1.12. The van der Waals surface area contributed by atoms with E-state index in [2.05, 4.69) is 15.3 Å². The van der Waals surface area contributed by atoms with Gasteiger partial charge >= 0.3 is 0 Å². The SMILES string of the molecule is O=C1CC2=NCN=C2C(=O)N1. The van der Waals surface area contributed by atoms with Gasteiger partial charge in [-0.25, -0.2) is 0 Å². The summed E-state index contributed by atoms with van der Waals surface area (Å²) in [5, 5.41) is 2.16. The highest BCUT2D eigenvalue weighted by molar-refractivity contribution is 6.71. The minimum Gasteiger partial charge on any atom is -0.291 e. The zero-order valence-electron chi connectivity index (χ0n) is 5.63. The summed E-state index contributed by atoms with van der Waals surface area (Å²) in [7, 11) is 0. The van der Waals surface area contributed by atoms with E-state index in [1.807, 2.05) is 0 Å². The number of hydrogen-bond acceptors (Lipinski definition) is 4. The van der Waals surface area contributed by atoms with Crippen LogP contribution in [0.25, 0.3) is 0 Å². The molecule has 2 aliphatic rings. The van der Waals surface area contributed by atoms with Crippen LogP contribution in [0, 0.1) is 0 Å². The summed E-state index contributed by atoms with van der Waals surface area (Å²) in [6.07, 6.45) is 0.185. The summed E-state index contributed by atoms with van der Waals surface area (Å²) in [5.41, 5.74) is 0.850. The molecule has 2 heterocycles. The lowest BCUT2D eigenvalue weighted by atomic mass is 10.1. The number of nitrogens with one attached hydrogen (secondary N) is 1. The van der Waals surface area contributed by atoms with Gasteiger partial charge in [0.05, 0.1) is 12.1 Å². The maximum absolute atomic E-state index is 10.9. The zero-order valence-corrected chi connectivity index (χ0v) is 5.63. The Morgan fingerprint density at radius 1 is 1.27 bits per heavy atom. The fourth-order valence-corrected chi connectivity index (χ4v) is 1.08. The first-order valence-electron chi connectivity index (χ1n) is 3.20. The van der Waals surface area contributed by atoms with E-state index in [9.17, 15) is 9.59 Å². The van der Waals surface area contributed by atoms with Gasteiger partial charge in [0.1, 0.15) is 12.4 Å². The van der Waals surface area contributed by atoms with E-state index in [-0.39, 0.29) is 19.0 Å². The van der Waals surface area contributed by atoms with Crippen LogP contribution >= 0.6 is 0 Å². The first-order valence-corrected chi connectivity index (χ1v) is 3.20. The number of hydrogen-bond donors (Lipinski definition) is 1. The predicted octanol–water partition coefficient (Wildman–Crippen LogP) is -1.11. The third kappa shape index (κ3) is 0.849. The normalized spacial score (nSPS) is 22.2. The van der Waals surface area contributed by atoms with Crippen molar-refractivity contribution < 1.29 is 9.59 Å². The van der Waals surface area contributed by atoms with Gasteiger partial charge in [0.15, 0.2) is 0 Å². The third-order valence-electron chi connectivity index (χ3n) is 1.56. The second-order valence-corrected chi connectivity index (χ2v) is 2.31. The predicted molar refractivity (Wildman–Crippen MR) is 37.5 cm³/mol. The molecule has 0 radical (unpaired) electrons. The van der Waals surface area contributed by atoms with E-state index in [4.69, 9.17) is 0 Å². The highest BCUT2D eigenvalue weighted by Gasteiger charge is 2.29. The second-order valence-electron chi connectivity index (χ2n) is 2.31. The first kappa shape index (κ1) is 6.21. The summed E-state index contributed by atoms with van der Waals surface area (Å²) in [5.74, 6) is -0.716. The summed E-state index contributed by atoms with van der Waals surface area (Å²) < 4.78 is 0. The van der Waals surface area contributed by atoms with Crippen LogP contribution in [-0.4, -0.2) is 29.9 Å². The monoisotopic (exact) mass is 151 g/mol. The van der Waals surface area contributed by atoms with Gasteiger partial charge in [-0.3, -0.25) is 24.9 Å². The highest BCUT2D eigenvalue weighted by Crippen LogP contribution is 2.05. The third-order valence-corrected chi connectivity index (χ3v) is 1.56. The molecule has 2 rings (SSSR count). The molecule has 0 aliphatic carbocycles. The standard InChI is InChI=1S/C6H5N3O2/c10-4-1-3-5(6(11)9-4)8-2-7-3/h1-2H2,(H,9,10,11). The van der Waals surface area contributed by atoms with Crippen molar-refractivity contribution >= 4 is 23.2 Å². The number of carbonyl (C=O) groups is 2. The van der Waals surface area contributed by atoms with Gasteiger partial charge in [-0.05, 0) is 0 Å². The van der Waals surface area contributed by atoms with Crippen LogP contribution in [0.3, 0.4) is 0 Å². The Hall–Kier alpha value is -1.52. The minimum atomic E-state index is -0.419. The van der Waals surface area contributed by atoms with Gasteiger partial charge in [-0.1, -0.05) is 0 Å². The molecule has 5 heteroatoms. The van der Waals surface area contributed by atoms with Crippen LogP contribution in [0.5, 0.6) is 0 Å². The van der Waals surface area contributed by atoms with E-state index < -0.39 is 5.91 Å². The van der Waals surface area contributed by atoms with Crippen LogP contribution in [0.4, 0.5) is 0 Å². The average molecular weight is 151 g/mol. The number of rotatable bonds is 0. The van der Waals surface area contributed by atoms with Crippen molar-refractivity contribution in [1.29, 1.82) is 0 Å². The van der Waals surface area contributed by atoms with E-state index in [1.54, 1.807) is 0 Å². The molecule has 0 aromatic carbocycles. The molecule has 0 unspecified atom stereocenters. The number of aliphatic imine (C=N–C) groups is 2. The molecule has 1 fully saturated rings. The Balaban J connectivity index is 2.38. The molecule has 11 heavy (non-hydrogen) atoms. The molecule has 56 valence electrons. The zero-order chi connectivity index (χ0) is 7.84. The van der Waals surface area contributed by atoms with Gasteiger partial charge in [0.2, 0.25) is 5.91 Å². The van der Waals surface area contributed by atoms with Crippen molar-refractivity contribution in [3.8, 4) is 0 Å². The summed E-state index contributed by atoms with van der Waals surface area (Å²) in [6, 6.07) is 0. The lowest BCUT2D eigenvalue weighted by Gasteiger charge is -2.10. The smallest absolute Gasteiger partial charge is 0.277 e. The van der Waals surface area contributed by atoms with Crippen LogP contribution in [0.1, 0.15) is 6.42 Å². The van der Waals surface area contributed by atoms with Crippen molar-refractivity contribution in [2.45, 2.75) is 6.42 Å². The molecule has 1 saturated heterocycles. The number of piperidine rings is 1. The van der Waals surface area contributed by atoms with Gasteiger partial charge in [-0.15, -0.1) is 0 Å². The summed E-state index contributed by atoms with van der Waals surface area (Å²) in [4.78, 5) is 29.4. The quantitative estimate of drug-likeness (QED) is 0.446. The van der Waals surface area contributed by atoms with Crippen LogP contribution in [-0.2, 0) is 9.59 Å². The second kappa shape index (κ2) is 1.98. The maximum Gasteiger partial charge on any atom is 0.277 e. The number of imide groups is 1. The highest BCUT2D eigenvalue weighted by atomic mass is 16.2. The van der Waals surface area contributed by atoms with Gasteiger partial charge in [-0.2, -0.15) is 0 Å². The lowest BCUT2D eigenvalue weighted by Crippen LogP contribution is -2.45. The van der Waals surface area contributed by atoms with Gasteiger partial charge in [0.25, 0.3) is 5.91 Å². The topological polar surface area (TPSA) is 70.9 Å². The number of nitrogens with zero attached hydrogens (tertiary/aromatic N) is 2. The van der Waals surface area contributed by atoms with Crippen molar-refractivity contribution in [2.24, 2.45) is 9.98 Å².